The summed E-state index contributed by atoms with van der Waals surface area (Å²) in [6, 6.07) is 6.04. The second-order valence-electron chi connectivity index (χ2n) is 4.38. The van der Waals surface area contributed by atoms with Crippen molar-refractivity contribution < 1.29 is 19.1 Å². The maximum Gasteiger partial charge on any atom is 0.319 e. The maximum absolute atomic E-state index is 11.8. The number of hydrogen-bond donors (Lipinski definition) is 4. The molecule has 0 fully saturated rings. The van der Waals surface area contributed by atoms with Crippen LogP contribution in [0.1, 0.15) is 0 Å². The molecule has 130 valence electrons. The van der Waals surface area contributed by atoms with E-state index in [0.29, 0.717) is 37.7 Å². The molecule has 0 aliphatic rings. The van der Waals surface area contributed by atoms with E-state index < -0.39 is 12.1 Å². The van der Waals surface area contributed by atoms with Crippen LogP contribution in [0.3, 0.4) is 0 Å². The highest BCUT2D eigenvalue weighted by atomic mass is 16.5. The van der Waals surface area contributed by atoms with E-state index in [0.717, 1.165) is 0 Å². The summed E-state index contributed by atoms with van der Waals surface area (Å²) in [7, 11) is 0. The third-order valence-electron chi connectivity index (χ3n) is 2.67. The molecule has 24 heavy (non-hydrogen) atoms. The van der Waals surface area contributed by atoms with Gasteiger partial charge in [0.25, 0.3) is 0 Å². The largest absolute Gasteiger partial charge is 0.500 e. The third kappa shape index (κ3) is 7.74. The minimum Gasteiger partial charge on any atom is -0.500 e. The average Bonchev–Trinajstić information content (AvgIpc) is 2.57. The molecule has 4 N–H and O–H groups in total. The van der Waals surface area contributed by atoms with Crippen molar-refractivity contribution in [2.24, 2.45) is 0 Å². The molecule has 8 heteroatoms. The normalized spacial score (nSPS) is 9.33. The van der Waals surface area contributed by atoms with Gasteiger partial charge in [0, 0.05) is 0 Å². The zero-order chi connectivity index (χ0) is 17.6. The fraction of sp³-hybridized carbons (Fsp3) is 0.250. The predicted octanol–water partition coefficient (Wildman–Crippen LogP) is 2.25. The molecule has 0 aliphatic carbocycles. The minimum atomic E-state index is -0.406. The molecule has 0 spiro atoms. The van der Waals surface area contributed by atoms with Crippen LogP contribution < -0.4 is 21.3 Å². The smallest absolute Gasteiger partial charge is 0.319 e. The Morgan fingerprint density at radius 2 is 1.29 bits per heavy atom. The van der Waals surface area contributed by atoms with E-state index in [1.807, 2.05) is 0 Å². The Kier molecular flexibility index (Phi) is 8.98. The van der Waals surface area contributed by atoms with E-state index in [2.05, 4.69) is 34.4 Å². The van der Waals surface area contributed by atoms with Crippen LogP contribution in [0.25, 0.3) is 0 Å². The summed E-state index contributed by atoms with van der Waals surface area (Å²) in [5.41, 5.74) is 0.939. The summed E-state index contributed by atoms with van der Waals surface area (Å²) in [6.45, 7) is 8.12. The zero-order valence-corrected chi connectivity index (χ0v) is 13.3. The molecule has 0 unspecified atom stereocenters. The van der Waals surface area contributed by atoms with Gasteiger partial charge in [0.2, 0.25) is 0 Å². The number of rotatable bonds is 10. The molecule has 8 nitrogen and oxygen atoms in total. The first-order valence-corrected chi connectivity index (χ1v) is 7.31. The number of urea groups is 2. The lowest BCUT2D eigenvalue weighted by Gasteiger charge is -2.13. The minimum absolute atomic E-state index is 0.325. The second kappa shape index (κ2) is 11.4. The Morgan fingerprint density at radius 1 is 0.875 bits per heavy atom. The van der Waals surface area contributed by atoms with E-state index in [4.69, 9.17) is 9.47 Å². The van der Waals surface area contributed by atoms with E-state index in [-0.39, 0.29) is 0 Å². The van der Waals surface area contributed by atoms with Crippen LogP contribution in [-0.4, -0.2) is 38.4 Å². The molecule has 0 aromatic heterocycles. The number of hydrogen-bond acceptors (Lipinski definition) is 4. The number of ether oxygens (including phenoxy) is 2. The van der Waals surface area contributed by atoms with Crippen molar-refractivity contribution in [3.63, 3.8) is 0 Å². The number of nitrogens with one attached hydrogen (secondary N) is 4. The quantitative estimate of drug-likeness (QED) is 0.389. The highest BCUT2D eigenvalue weighted by Gasteiger charge is 2.08. The fourth-order valence-corrected chi connectivity index (χ4v) is 1.65. The third-order valence-corrected chi connectivity index (χ3v) is 2.67. The van der Waals surface area contributed by atoms with Crippen LogP contribution in [0.15, 0.2) is 49.9 Å². The number of para-hydroxylation sites is 2. The Labute approximate surface area is 140 Å². The second-order valence-corrected chi connectivity index (χ2v) is 4.38. The molecule has 4 amide bonds. The molecule has 0 bridgehead atoms. The number of benzene rings is 1. The number of carbonyl (C=O) groups excluding carboxylic acids is 2. The summed E-state index contributed by atoms with van der Waals surface area (Å²) in [4.78, 5) is 23.6. The lowest BCUT2D eigenvalue weighted by atomic mass is 10.2. The van der Waals surface area contributed by atoms with Gasteiger partial charge in [0.1, 0.15) is 13.2 Å². The Bertz CT molecular complexity index is 514. The molecule has 1 aromatic carbocycles. The number of amides is 4. The maximum atomic E-state index is 11.8. The van der Waals surface area contributed by atoms with E-state index in [9.17, 15) is 9.59 Å². The van der Waals surface area contributed by atoms with Gasteiger partial charge in [-0.15, -0.1) is 0 Å². The predicted molar refractivity (Wildman–Crippen MR) is 92.8 cm³/mol. The van der Waals surface area contributed by atoms with Gasteiger partial charge >= 0.3 is 12.1 Å². The Morgan fingerprint density at radius 3 is 1.67 bits per heavy atom. The molecule has 0 atom stereocenters. The van der Waals surface area contributed by atoms with Crippen molar-refractivity contribution in [1.82, 2.24) is 10.6 Å². The van der Waals surface area contributed by atoms with Crippen LogP contribution in [0.4, 0.5) is 21.0 Å². The van der Waals surface area contributed by atoms with Gasteiger partial charge in [-0.25, -0.2) is 9.59 Å². The molecular formula is C16H22N4O4. The van der Waals surface area contributed by atoms with Crippen LogP contribution in [0, 0.1) is 0 Å². The van der Waals surface area contributed by atoms with Crippen molar-refractivity contribution in [3.05, 3.63) is 49.9 Å². The lowest BCUT2D eigenvalue weighted by Crippen LogP contribution is -2.33. The van der Waals surface area contributed by atoms with Crippen molar-refractivity contribution in [2.45, 2.75) is 0 Å². The topological polar surface area (TPSA) is 101 Å². The van der Waals surface area contributed by atoms with Gasteiger partial charge in [-0.3, -0.25) is 0 Å². The monoisotopic (exact) mass is 334 g/mol. The van der Waals surface area contributed by atoms with E-state index in [1.54, 1.807) is 24.3 Å². The highest BCUT2D eigenvalue weighted by Crippen LogP contribution is 2.20. The molecule has 1 aromatic rings. The van der Waals surface area contributed by atoms with Crippen molar-refractivity contribution in [3.8, 4) is 0 Å². The fourth-order valence-electron chi connectivity index (χ4n) is 1.65. The van der Waals surface area contributed by atoms with Crippen LogP contribution >= 0.6 is 0 Å². The van der Waals surface area contributed by atoms with Crippen LogP contribution in [0.5, 0.6) is 0 Å². The summed E-state index contributed by atoms with van der Waals surface area (Å²) < 4.78 is 9.81. The van der Waals surface area contributed by atoms with E-state index >= 15 is 0 Å². The van der Waals surface area contributed by atoms with Crippen LogP contribution in [-0.2, 0) is 9.47 Å². The van der Waals surface area contributed by atoms with Gasteiger partial charge in [-0.1, -0.05) is 25.3 Å². The first-order chi connectivity index (χ1) is 11.7. The standard InChI is InChI=1S/C16H22N4O4/c1-3-23-11-9-17-15(21)19-13-7-5-6-8-14(13)20-16(22)18-10-12-24-4-2/h3-8H,1-2,9-12H2,(H2,17,19,21)(H2,18,20,22). The number of anilines is 2. The Balaban J connectivity index is 2.48. The molecule has 1 rings (SSSR count). The summed E-state index contributed by atoms with van der Waals surface area (Å²) in [5, 5.41) is 10.6. The molecule has 0 saturated heterocycles. The molecule has 0 heterocycles. The van der Waals surface area contributed by atoms with Gasteiger partial charge in [-0.05, 0) is 12.1 Å². The average molecular weight is 334 g/mol. The molecule has 0 radical (unpaired) electrons. The van der Waals surface area contributed by atoms with Gasteiger partial charge < -0.3 is 30.7 Å². The van der Waals surface area contributed by atoms with Gasteiger partial charge in [0.15, 0.2) is 0 Å². The van der Waals surface area contributed by atoms with Crippen LogP contribution in [0.2, 0.25) is 0 Å². The summed E-state index contributed by atoms with van der Waals surface area (Å²) in [5.74, 6) is 0. The van der Waals surface area contributed by atoms with E-state index in [1.165, 1.54) is 12.5 Å². The zero-order valence-electron chi connectivity index (χ0n) is 13.3. The first-order valence-electron chi connectivity index (χ1n) is 7.31. The van der Waals surface area contributed by atoms with Crippen molar-refractivity contribution in [1.29, 1.82) is 0 Å². The molecular weight excluding hydrogens is 312 g/mol. The SMILES string of the molecule is C=COCCNC(=O)Nc1ccccc1NC(=O)NCCOC=C. The molecule has 0 aliphatic heterocycles. The van der Waals surface area contributed by atoms with Crippen molar-refractivity contribution >= 4 is 23.4 Å². The van der Waals surface area contributed by atoms with Gasteiger partial charge in [0.05, 0.1) is 37.0 Å². The summed E-state index contributed by atoms with van der Waals surface area (Å²) >= 11 is 0. The summed E-state index contributed by atoms with van der Waals surface area (Å²) in [6.07, 6.45) is 2.61. The molecule has 0 saturated carbocycles. The number of carbonyl (C=O) groups is 2. The van der Waals surface area contributed by atoms with Gasteiger partial charge in [-0.2, -0.15) is 0 Å². The lowest BCUT2D eigenvalue weighted by molar-refractivity contribution is 0.234. The highest BCUT2D eigenvalue weighted by molar-refractivity contribution is 5.98. The van der Waals surface area contributed by atoms with Crippen molar-refractivity contribution in [2.75, 3.05) is 36.9 Å². The Hall–Kier alpha value is -3.16. The first kappa shape index (κ1) is 18.9.